The lowest BCUT2D eigenvalue weighted by atomic mass is 10.2. The summed E-state index contributed by atoms with van der Waals surface area (Å²) in [4.78, 5) is 38.9. The van der Waals surface area contributed by atoms with E-state index in [1.54, 1.807) is 12.1 Å². The number of rotatable bonds is 6. The van der Waals surface area contributed by atoms with Crippen LogP contribution >= 0.6 is 11.8 Å². The van der Waals surface area contributed by atoms with Crippen molar-refractivity contribution in [2.45, 2.75) is 30.2 Å². The van der Waals surface area contributed by atoms with E-state index in [4.69, 9.17) is 19.6 Å². The average molecular weight is 443 g/mol. The molecule has 0 unspecified atom stereocenters. The minimum atomic E-state index is -0.803. The van der Waals surface area contributed by atoms with Crippen LogP contribution in [0.3, 0.4) is 0 Å². The molecule has 2 aromatic heterocycles. The van der Waals surface area contributed by atoms with E-state index in [0.717, 1.165) is 24.6 Å². The summed E-state index contributed by atoms with van der Waals surface area (Å²) in [7, 11) is 0. The molecule has 0 radical (unpaired) electrons. The van der Waals surface area contributed by atoms with Gasteiger partial charge in [-0.25, -0.2) is 4.79 Å². The standard InChI is InChI=1S/C19H17N5O6S/c20-15-14(16(26)21-18(27)24(15)9-5-6-9)10(25)8-31-19-23-22-17(30-19)13-7-28-11-3-1-2-4-12(11)29-13/h1-4,9,13H,5-8,20H2,(H,21,26,27)/t13-/m1/s1. The number of hydrogen-bond acceptors (Lipinski definition) is 10. The first-order valence-corrected chi connectivity index (χ1v) is 10.5. The number of nitrogens with one attached hydrogen (secondary N) is 1. The number of aromatic amines is 1. The Morgan fingerprint density at radius 1 is 1.23 bits per heavy atom. The summed E-state index contributed by atoms with van der Waals surface area (Å²) in [6, 6.07) is 7.16. The first kappa shape index (κ1) is 19.4. The summed E-state index contributed by atoms with van der Waals surface area (Å²) >= 11 is 0.963. The molecule has 0 saturated heterocycles. The quantitative estimate of drug-likeness (QED) is 0.421. The predicted octanol–water partition coefficient (Wildman–Crippen LogP) is 1.32. The molecule has 0 bridgehead atoms. The number of ether oxygens (including phenoxy) is 2. The van der Waals surface area contributed by atoms with Gasteiger partial charge in [-0.05, 0) is 25.0 Å². The first-order chi connectivity index (χ1) is 15.0. The molecule has 11 nitrogen and oxygen atoms in total. The zero-order chi connectivity index (χ0) is 21.5. The molecular weight excluding hydrogens is 426 g/mol. The van der Waals surface area contributed by atoms with E-state index in [9.17, 15) is 14.4 Å². The SMILES string of the molecule is Nc1c(C(=O)CSc2nnc([C@H]3COc4ccccc4O3)o2)c(=O)[nH]c(=O)n1C1CC1. The molecule has 31 heavy (non-hydrogen) atoms. The molecule has 3 N–H and O–H groups in total. The maximum atomic E-state index is 12.6. The van der Waals surface area contributed by atoms with Gasteiger partial charge in [0.1, 0.15) is 18.0 Å². The second kappa shape index (κ2) is 7.61. The number of ketones is 1. The lowest BCUT2D eigenvalue weighted by Gasteiger charge is -2.23. The van der Waals surface area contributed by atoms with Crippen LogP contribution in [-0.2, 0) is 0 Å². The largest absolute Gasteiger partial charge is 0.485 e. The number of H-pyrrole nitrogens is 1. The van der Waals surface area contributed by atoms with Gasteiger partial charge < -0.3 is 19.6 Å². The number of hydrogen-bond donors (Lipinski definition) is 2. The Morgan fingerprint density at radius 3 is 2.77 bits per heavy atom. The van der Waals surface area contributed by atoms with Crippen LogP contribution in [0.2, 0.25) is 0 Å². The number of fused-ring (bicyclic) bond motifs is 1. The van der Waals surface area contributed by atoms with Crippen molar-refractivity contribution in [2.24, 2.45) is 0 Å². The third kappa shape index (κ3) is 3.69. The van der Waals surface area contributed by atoms with Gasteiger partial charge in [0, 0.05) is 6.04 Å². The van der Waals surface area contributed by atoms with Gasteiger partial charge in [0.15, 0.2) is 17.3 Å². The molecule has 3 heterocycles. The lowest BCUT2D eigenvalue weighted by Crippen LogP contribution is -2.36. The van der Waals surface area contributed by atoms with Gasteiger partial charge >= 0.3 is 5.69 Å². The molecule has 1 atom stereocenters. The third-order valence-corrected chi connectivity index (χ3v) is 5.72. The van der Waals surface area contributed by atoms with E-state index < -0.39 is 23.1 Å². The van der Waals surface area contributed by atoms with Gasteiger partial charge in [-0.15, -0.1) is 10.2 Å². The maximum Gasteiger partial charge on any atom is 0.330 e. The summed E-state index contributed by atoms with van der Waals surface area (Å²) in [6.07, 6.45) is 0.981. The molecule has 0 spiro atoms. The average Bonchev–Trinajstić information content (AvgIpc) is 3.47. The van der Waals surface area contributed by atoms with Crippen molar-refractivity contribution >= 4 is 23.4 Å². The molecule has 1 aliphatic carbocycles. The van der Waals surface area contributed by atoms with Crippen molar-refractivity contribution in [1.82, 2.24) is 19.7 Å². The summed E-state index contributed by atoms with van der Waals surface area (Å²) in [5.41, 5.74) is 4.32. The Hall–Kier alpha value is -3.54. The highest BCUT2D eigenvalue weighted by Gasteiger charge is 2.31. The van der Waals surface area contributed by atoms with Crippen molar-refractivity contribution < 1.29 is 18.7 Å². The molecule has 3 aromatic rings. The van der Waals surface area contributed by atoms with E-state index in [2.05, 4.69) is 15.2 Å². The number of nitrogens with zero attached hydrogens (tertiary/aromatic N) is 3. The summed E-state index contributed by atoms with van der Waals surface area (Å²) in [6.45, 7) is 0.205. The number of aromatic nitrogens is 4. The number of anilines is 1. The highest BCUT2D eigenvalue weighted by Crippen LogP contribution is 2.36. The van der Waals surface area contributed by atoms with Crippen molar-refractivity contribution in [1.29, 1.82) is 0 Å². The van der Waals surface area contributed by atoms with Crippen molar-refractivity contribution in [3.8, 4) is 11.5 Å². The number of carbonyl (C=O) groups is 1. The van der Waals surface area contributed by atoms with Crippen LogP contribution in [0.15, 0.2) is 43.5 Å². The summed E-state index contributed by atoms with van der Waals surface area (Å²) in [5.74, 6) is 0.603. The highest BCUT2D eigenvalue weighted by atomic mass is 32.2. The number of nitrogens with two attached hydrogens (primary N) is 1. The topological polar surface area (TPSA) is 155 Å². The minimum Gasteiger partial charge on any atom is -0.485 e. The Labute approximate surface area is 178 Å². The molecule has 1 fully saturated rings. The van der Waals surface area contributed by atoms with Crippen LogP contribution in [0.4, 0.5) is 5.82 Å². The number of nitrogen functional groups attached to an aromatic ring is 1. The van der Waals surface area contributed by atoms with Gasteiger partial charge in [0.25, 0.3) is 16.7 Å². The molecule has 12 heteroatoms. The Balaban J connectivity index is 1.28. The van der Waals surface area contributed by atoms with E-state index in [-0.39, 0.29) is 40.9 Å². The fourth-order valence-corrected chi connectivity index (χ4v) is 3.92. The molecule has 1 aliphatic heterocycles. The van der Waals surface area contributed by atoms with Gasteiger partial charge in [0.2, 0.25) is 6.10 Å². The van der Waals surface area contributed by atoms with E-state index >= 15 is 0 Å². The zero-order valence-corrected chi connectivity index (χ0v) is 16.9. The smallest absolute Gasteiger partial charge is 0.330 e. The number of thioether (sulfide) groups is 1. The number of carbonyl (C=O) groups excluding carboxylic acids is 1. The van der Waals surface area contributed by atoms with Crippen LogP contribution in [0, 0.1) is 0 Å². The van der Waals surface area contributed by atoms with Crippen LogP contribution in [0.1, 0.15) is 41.2 Å². The second-order valence-electron chi connectivity index (χ2n) is 7.10. The zero-order valence-electron chi connectivity index (χ0n) is 16.1. The van der Waals surface area contributed by atoms with E-state index in [1.807, 2.05) is 12.1 Å². The highest BCUT2D eigenvalue weighted by molar-refractivity contribution is 7.99. The first-order valence-electron chi connectivity index (χ1n) is 9.53. The Kier molecular flexibility index (Phi) is 4.77. The lowest BCUT2D eigenvalue weighted by molar-refractivity contribution is 0.0686. The van der Waals surface area contributed by atoms with E-state index in [0.29, 0.717) is 11.5 Å². The van der Waals surface area contributed by atoms with Gasteiger partial charge in [-0.2, -0.15) is 0 Å². The molecule has 5 rings (SSSR count). The van der Waals surface area contributed by atoms with Crippen LogP contribution in [0.5, 0.6) is 11.5 Å². The monoisotopic (exact) mass is 443 g/mol. The summed E-state index contributed by atoms with van der Waals surface area (Å²) in [5, 5.41) is 8.01. The van der Waals surface area contributed by atoms with Crippen molar-refractivity contribution in [3.63, 3.8) is 0 Å². The Morgan fingerprint density at radius 2 is 2.00 bits per heavy atom. The second-order valence-corrected chi connectivity index (χ2v) is 8.03. The number of Topliss-reactive ketones (excluding diaryl/α,β-unsaturated/α-hetero) is 1. The Bertz CT molecular complexity index is 1280. The van der Waals surface area contributed by atoms with Gasteiger partial charge in [-0.3, -0.25) is 19.1 Å². The molecule has 1 saturated carbocycles. The molecule has 160 valence electrons. The van der Waals surface area contributed by atoms with Crippen molar-refractivity contribution in [2.75, 3.05) is 18.1 Å². The predicted molar refractivity (Wildman–Crippen MR) is 109 cm³/mol. The molecule has 0 amide bonds. The van der Waals surface area contributed by atoms with Crippen molar-refractivity contribution in [3.05, 3.63) is 56.6 Å². The molecule has 1 aromatic carbocycles. The minimum absolute atomic E-state index is 0.0788. The fourth-order valence-electron chi connectivity index (χ4n) is 3.28. The summed E-state index contributed by atoms with van der Waals surface area (Å²) < 4.78 is 18.3. The van der Waals surface area contributed by atoms with Gasteiger partial charge in [0.05, 0.1) is 5.75 Å². The van der Waals surface area contributed by atoms with Crippen LogP contribution in [-0.4, -0.2) is 37.9 Å². The maximum absolute atomic E-state index is 12.6. The van der Waals surface area contributed by atoms with Crippen LogP contribution < -0.4 is 26.5 Å². The molecule has 2 aliphatic rings. The fraction of sp³-hybridized carbons (Fsp3) is 0.316. The van der Waals surface area contributed by atoms with Crippen LogP contribution in [0.25, 0.3) is 0 Å². The molecular formula is C19H17N5O6S. The van der Waals surface area contributed by atoms with E-state index in [1.165, 1.54) is 4.57 Å². The number of para-hydroxylation sites is 2. The third-order valence-electron chi connectivity index (χ3n) is 4.91. The van der Waals surface area contributed by atoms with Gasteiger partial charge in [-0.1, -0.05) is 23.9 Å². The number of benzene rings is 1. The normalized spacial score (nSPS) is 17.5.